The molecular formula is C15H30N2O. The smallest absolute Gasteiger partial charge is 0.0619 e. The molecule has 2 fully saturated rings. The summed E-state index contributed by atoms with van der Waals surface area (Å²) in [5, 5.41) is 3.80. The SMILES string of the molecule is CCCNC(CN1CCOCC1C)C1CCCC1. The number of nitrogens with zero attached hydrogens (tertiary/aromatic N) is 1. The van der Waals surface area contributed by atoms with E-state index < -0.39 is 0 Å². The molecule has 18 heavy (non-hydrogen) atoms. The van der Waals surface area contributed by atoms with Crippen LogP contribution in [0.4, 0.5) is 0 Å². The molecule has 0 amide bonds. The van der Waals surface area contributed by atoms with Gasteiger partial charge in [-0.25, -0.2) is 0 Å². The van der Waals surface area contributed by atoms with Crippen LogP contribution < -0.4 is 5.32 Å². The van der Waals surface area contributed by atoms with Crippen molar-refractivity contribution in [2.24, 2.45) is 5.92 Å². The van der Waals surface area contributed by atoms with Crippen molar-refractivity contribution in [1.29, 1.82) is 0 Å². The Bertz CT molecular complexity index is 229. The second-order valence-corrected chi connectivity index (χ2v) is 6.02. The van der Waals surface area contributed by atoms with Crippen molar-refractivity contribution in [3.63, 3.8) is 0 Å². The van der Waals surface area contributed by atoms with Gasteiger partial charge in [0.25, 0.3) is 0 Å². The van der Waals surface area contributed by atoms with E-state index in [2.05, 4.69) is 24.1 Å². The zero-order valence-electron chi connectivity index (χ0n) is 12.2. The van der Waals surface area contributed by atoms with Crippen LogP contribution in [0.15, 0.2) is 0 Å². The molecule has 2 atom stereocenters. The molecule has 1 saturated carbocycles. The fourth-order valence-electron chi connectivity index (χ4n) is 3.36. The summed E-state index contributed by atoms with van der Waals surface area (Å²) in [5.41, 5.74) is 0. The van der Waals surface area contributed by atoms with Gasteiger partial charge in [0, 0.05) is 25.2 Å². The van der Waals surface area contributed by atoms with E-state index in [0.29, 0.717) is 12.1 Å². The van der Waals surface area contributed by atoms with Gasteiger partial charge in [-0.2, -0.15) is 0 Å². The van der Waals surface area contributed by atoms with Crippen molar-refractivity contribution >= 4 is 0 Å². The summed E-state index contributed by atoms with van der Waals surface area (Å²) in [4.78, 5) is 2.62. The number of hydrogen-bond acceptors (Lipinski definition) is 3. The Balaban J connectivity index is 1.86. The van der Waals surface area contributed by atoms with Crippen LogP contribution in [0.3, 0.4) is 0 Å². The van der Waals surface area contributed by atoms with E-state index in [4.69, 9.17) is 4.74 Å². The van der Waals surface area contributed by atoms with Crippen molar-refractivity contribution in [2.75, 3.05) is 32.8 Å². The van der Waals surface area contributed by atoms with Gasteiger partial charge in [0.05, 0.1) is 13.2 Å². The molecule has 106 valence electrons. The number of nitrogens with one attached hydrogen (secondary N) is 1. The highest BCUT2D eigenvalue weighted by molar-refractivity contribution is 4.85. The molecule has 1 saturated heterocycles. The van der Waals surface area contributed by atoms with Crippen LogP contribution in [0.5, 0.6) is 0 Å². The Hall–Kier alpha value is -0.120. The summed E-state index contributed by atoms with van der Waals surface area (Å²) in [5.74, 6) is 0.909. The zero-order chi connectivity index (χ0) is 12.8. The van der Waals surface area contributed by atoms with Crippen molar-refractivity contribution < 1.29 is 4.74 Å². The second kappa shape index (κ2) is 7.46. The van der Waals surface area contributed by atoms with Crippen LogP contribution in [0.1, 0.15) is 46.0 Å². The Kier molecular flexibility index (Phi) is 5.93. The van der Waals surface area contributed by atoms with Gasteiger partial charge < -0.3 is 10.1 Å². The third kappa shape index (κ3) is 3.94. The van der Waals surface area contributed by atoms with Gasteiger partial charge in [0.15, 0.2) is 0 Å². The van der Waals surface area contributed by atoms with E-state index >= 15 is 0 Å². The third-order valence-electron chi connectivity index (χ3n) is 4.56. The number of ether oxygens (including phenoxy) is 1. The monoisotopic (exact) mass is 254 g/mol. The molecule has 0 bridgehead atoms. The summed E-state index contributed by atoms with van der Waals surface area (Å²) in [7, 11) is 0. The topological polar surface area (TPSA) is 24.5 Å². The lowest BCUT2D eigenvalue weighted by Gasteiger charge is -2.37. The lowest BCUT2D eigenvalue weighted by Crippen LogP contribution is -2.52. The molecule has 2 unspecified atom stereocenters. The van der Waals surface area contributed by atoms with Crippen molar-refractivity contribution in [3.05, 3.63) is 0 Å². The summed E-state index contributed by atoms with van der Waals surface area (Å²) in [6.45, 7) is 9.87. The van der Waals surface area contributed by atoms with Crippen molar-refractivity contribution in [2.45, 2.75) is 58.0 Å². The molecule has 2 rings (SSSR count). The molecule has 1 aliphatic heterocycles. The van der Waals surface area contributed by atoms with E-state index in [9.17, 15) is 0 Å². The Morgan fingerprint density at radius 1 is 1.33 bits per heavy atom. The third-order valence-corrected chi connectivity index (χ3v) is 4.56. The maximum atomic E-state index is 5.54. The molecule has 1 aliphatic carbocycles. The minimum absolute atomic E-state index is 0.589. The quantitative estimate of drug-likeness (QED) is 0.787. The Morgan fingerprint density at radius 2 is 2.11 bits per heavy atom. The first-order chi connectivity index (χ1) is 8.81. The standard InChI is InChI=1S/C15H30N2O/c1-3-8-16-15(14-6-4-5-7-14)11-17-9-10-18-12-13(17)2/h13-16H,3-12H2,1-2H3. The normalized spacial score (nSPS) is 28.7. The van der Waals surface area contributed by atoms with Crippen LogP contribution in [-0.4, -0.2) is 49.8 Å². The van der Waals surface area contributed by atoms with Gasteiger partial charge in [-0.15, -0.1) is 0 Å². The zero-order valence-corrected chi connectivity index (χ0v) is 12.2. The van der Waals surface area contributed by atoms with Crippen LogP contribution in [0, 0.1) is 5.92 Å². The molecule has 0 aromatic carbocycles. The average Bonchev–Trinajstić information content (AvgIpc) is 2.90. The van der Waals surface area contributed by atoms with Gasteiger partial charge in [0.1, 0.15) is 0 Å². The van der Waals surface area contributed by atoms with Gasteiger partial charge in [-0.05, 0) is 38.6 Å². The predicted octanol–water partition coefficient (Wildman–Crippen LogP) is 2.27. The lowest BCUT2D eigenvalue weighted by molar-refractivity contribution is -0.00727. The molecule has 0 spiro atoms. The van der Waals surface area contributed by atoms with Crippen LogP contribution in [0.25, 0.3) is 0 Å². The van der Waals surface area contributed by atoms with E-state index in [0.717, 1.165) is 25.7 Å². The van der Waals surface area contributed by atoms with Gasteiger partial charge in [-0.3, -0.25) is 4.90 Å². The first kappa shape index (κ1) is 14.3. The number of morpholine rings is 1. The Morgan fingerprint density at radius 3 is 2.78 bits per heavy atom. The average molecular weight is 254 g/mol. The summed E-state index contributed by atoms with van der Waals surface area (Å²) in [6, 6.07) is 1.29. The Labute approximate surface area is 112 Å². The second-order valence-electron chi connectivity index (χ2n) is 6.02. The van der Waals surface area contributed by atoms with Crippen LogP contribution >= 0.6 is 0 Å². The van der Waals surface area contributed by atoms with Crippen molar-refractivity contribution in [1.82, 2.24) is 10.2 Å². The maximum Gasteiger partial charge on any atom is 0.0619 e. The van der Waals surface area contributed by atoms with Gasteiger partial charge >= 0.3 is 0 Å². The fraction of sp³-hybridized carbons (Fsp3) is 1.00. The van der Waals surface area contributed by atoms with E-state index in [1.54, 1.807) is 0 Å². The molecule has 1 heterocycles. The predicted molar refractivity (Wildman–Crippen MR) is 75.9 cm³/mol. The van der Waals surface area contributed by atoms with E-state index in [1.807, 2.05) is 0 Å². The molecule has 3 nitrogen and oxygen atoms in total. The largest absolute Gasteiger partial charge is 0.379 e. The van der Waals surface area contributed by atoms with E-state index in [1.165, 1.54) is 45.2 Å². The summed E-state index contributed by atoms with van der Waals surface area (Å²) >= 11 is 0. The maximum absolute atomic E-state index is 5.54. The van der Waals surface area contributed by atoms with E-state index in [-0.39, 0.29) is 0 Å². The van der Waals surface area contributed by atoms with Crippen molar-refractivity contribution in [3.8, 4) is 0 Å². The highest BCUT2D eigenvalue weighted by Crippen LogP contribution is 2.28. The summed E-state index contributed by atoms with van der Waals surface area (Å²) in [6.07, 6.45) is 6.98. The molecular weight excluding hydrogens is 224 g/mol. The minimum Gasteiger partial charge on any atom is -0.379 e. The van der Waals surface area contributed by atoms with Gasteiger partial charge in [0.2, 0.25) is 0 Å². The minimum atomic E-state index is 0.589. The fourth-order valence-corrected chi connectivity index (χ4v) is 3.36. The molecule has 0 radical (unpaired) electrons. The number of hydrogen-bond donors (Lipinski definition) is 1. The molecule has 2 aliphatic rings. The first-order valence-corrected chi connectivity index (χ1v) is 7.86. The number of rotatable bonds is 6. The molecule has 0 aromatic rings. The highest BCUT2D eigenvalue weighted by atomic mass is 16.5. The highest BCUT2D eigenvalue weighted by Gasteiger charge is 2.28. The van der Waals surface area contributed by atoms with Crippen LogP contribution in [0.2, 0.25) is 0 Å². The molecule has 0 aromatic heterocycles. The van der Waals surface area contributed by atoms with Crippen LogP contribution in [-0.2, 0) is 4.74 Å². The molecule has 3 heteroatoms. The summed E-state index contributed by atoms with van der Waals surface area (Å²) < 4.78 is 5.54. The lowest BCUT2D eigenvalue weighted by atomic mass is 9.96. The first-order valence-electron chi connectivity index (χ1n) is 7.86. The van der Waals surface area contributed by atoms with Gasteiger partial charge in [-0.1, -0.05) is 19.8 Å². The molecule has 1 N–H and O–H groups in total.